The molecule has 0 aliphatic rings. The number of halogens is 1. The van der Waals surface area contributed by atoms with Crippen LogP contribution in [0.1, 0.15) is 17.9 Å². The van der Waals surface area contributed by atoms with E-state index < -0.39 is 0 Å². The molecule has 1 aromatic carbocycles. The fraction of sp³-hybridized carbons (Fsp3) is 0.158. The summed E-state index contributed by atoms with van der Waals surface area (Å²) in [7, 11) is 0. The van der Waals surface area contributed by atoms with Crippen LogP contribution in [0.15, 0.2) is 59.0 Å². The van der Waals surface area contributed by atoms with Crippen molar-refractivity contribution in [1.82, 2.24) is 4.98 Å². The summed E-state index contributed by atoms with van der Waals surface area (Å²) in [6, 6.07) is 15.4. The number of nitrogens with one attached hydrogen (secondary N) is 1. The summed E-state index contributed by atoms with van der Waals surface area (Å²) in [5, 5.41) is 2.75. The number of carbonyl (C=O) groups is 1. The molecule has 0 fully saturated rings. The molecular formula is C19H17FN2O2. The highest BCUT2D eigenvalue weighted by molar-refractivity contribution is 5.89. The molecule has 2 heterocycles. The van der Waals surface area contributed by atoms with Crippen molar-refractivity contribution in [3.63, 3.8) is 0 Å². The molecule has 0 unspecified atom stereocenters. The number of hydrogen-bond acceptors (Lipinski definition) is 3. The van der Waals surface area contributed by atoms with Crippen molar-refractivity contribution in [2.45, 2.75) is 19.8 Å². The maximum atomic E-state index is 13.7. The zero-order chi connectivity index (χ0) is 16.9. The molecular weight excluding hydrogens is 307 g/mol. The van der Waals surface area contributed by atoms with E-state index in [1.165, 1.54) is 6.07 Å². The number of rotatable bonds is 5. The van der Waals surface area contributed by atoms with Gasteiger partial charge in [-0.1, -0.05) is 18.2 Å². The molecule has 24 heavy (non-hydrogen) atoms. The largest absolute Gasteiger partial charge is 0.461 e. The molecule has 1 amide bonds. The second kappa shape index (κ2) is 7.08. The van der Waals surface area contributed by atoms with Crippen LogP contribution in [0.25, 0.3) is 11.3 Å². The predicted molar refractivity (Wildman–Crippen MR) is 90.0 cm³/mol. The highest BCUT2D eigenvalue weighted by Crippen LogP contribution is 2.25. The van der Waals surface area contributed by atoms with Gasteiger partial charge in [-0.25, -0.2) is 9.37 Å². The number of anilines is 1. The summed E-state index contributed by atoms with van der Waals surface area (Å²) in [4.78, 5) is 16.2. The molecule has 0 spiro atoms. The van der Waals surface area contributed by atoms with Crippen molar-refractivity contribution in [1.29, 1.82) is 0 Å². The average Bonchev–Trinajstić information content (AvgIpc) is 3.02. The maximum absolute atomic E-state index is 13.7. The number of aryl methyl sites for hydroxylation is 2. The van der Waals surface area contributed by atoms with Gasteiger partial charge in [0.1, 0.15) is 23.2 Å². The van der Waals surface area contributed by atoms with Crippen LogP contribution < -0.4 is 5.32 Å². The summed E-state index contributed by atoms with van der Waals surface area (Å²) in [6.07, 6.45) is 0.700. The second-order valence-corrected chi connectivity index (χ2v) is 5.46. The molecule has 3 rings (SSSR count). The Hall–Kier alpha value is -2.95. The lowest BCUT2D eigenvalue weighted by Gasteiger charge is -2.04. The fourth-order valence-electron chi connectivity index (χ4n) is 2.37. The van der Waals surface area contributed by atoms with Gasteiger partial charge in [-0.2, -0.15) is 0 Å². The van der Waals surface area contributed by atoms with E-state index in [0.717, 1.165) is 5.69 Å². The summed E-state index contributed by atoms with van der Waals surface area (Å²) in [5.41, 5.74) is 1.26. The molecule has 3 aromatic rings. The minimum Gasteiger partial charge on any atom is -0.461 e. The Kier molecular flexibility index (Phi) is 4.70. The Morgan fingerprint density at radius 2 is 1.96 bits per heavy atom. The van der Waals surface area contributed by atoms with E-state index in [1.807, 2.05) is 19.1 Å². The SMILES string of the molecule is Cc1cccc(NC(=O)CCc2ccc(-c3ccccc3F)o2)n1. The second-order valence-electron chi connectivity index (χ2n) is 5.46. The van der Waals surface area contributed by atoms with E-state index in [2.05, 4.69) is 10.3 Å². The van der Waals surface area contributed by atoms with Gasteiger partial charge < -0.3 is 9.73 Å². The highest BCUT2D eigenvalue weighted by atomic mass is 19.1. The van der Waals surface area contributed by atoms with Gasteiger partial charge in [0.15, 0.2) is 0 Å². The van der Waals surface area contributed by atoms with E-state index in [-0.39, 0.29) is 18.1 Å². The molecule has 122 valence electrons. The molecule has 0 aliphatic heterocycles. The van der Waals surface area contributed by atoms with Crippen LogP contribution in [-0.4, -0.2) is 10.9 Å². The molecule has 0 aliphatic carbocycles. The highest BCUT2D eigenvalue weighted by Gasteiger charge is 2.11. The molecule has 0 bridgehead atoms. The Morgan fingerprint density at radius 1 is 1.12 bits per heavy atom. The third-order valence-electron chi connectivity index (χ3n) is 3.56. The number of aromatic nitrogens is 1. The lowest BCUT2D eigenvalue weighted by Crippen LogP contribution is -2.13. The third kappa shape index (κ3) is 3.87. The summed E-state index contributed by atoms with van der Waals surface area (Å²) in [5.74, 6) is 1.16. The van der Waals surface area contributed by atoms with Crippen LogP contribution in [0.4, 0.5) is 10.2 Å². The molecule has 0 atom stereocenters. The molecule has 4 nitrogen and oxygen atoms in total. The van der Waals surface area contributed by atoms with Gasteiger partial charge in [0.05, 0.1) is 5.56 Å². The van der Waals surface area contributed by atoms with E-state index in [1.54, 1.807) is 36.4 Å². The number of amides is 1. The third-order valence-corrected chi connectivity index (χ3v) is 3.56. The number of nitrogens with zero attached hydrogens (tertiary/aromatic N) is 1. The Morgan fingerprint density at radius 3 is 2.75 bits per heavy atom. The minimum absolute atomic E-state index is 0.142. The van der Waals surface area contributed by atoms with Gasteiger partial charge in [-0.15, -0.1) is 0 Å². The summed E-state index contributed by atoms with van der Waals surface area (Å²) in [6.45, 7) is 1.86. The van der Waals surface area contributed by atoms with Crippen LogP contribution in [-0.2, 0) is 11.2 Å². The molecule has 2 aromatic heterocycles. The molecule has 0 radical (unpaired) electrons. The van der Waals surface area contributed by atoms with E-state index >= 15 is 0 Å². The topological polar surface area (TPSA) is 55.1 Å². The fourth-order valence-corrected chi connectivity index (χ4v) is 2.37. The first kappa shape index (κ1) is 15.9. The Balaban J connectivity index is 1.59. The van der Waals surface area contributed by atoms with Crippen molar-refractivity contribution in [2.24, 2.45) is 0 Å². The normalized spacial score (nSPS) is 10.6. The van der Waals surface area contributed by atoms with Crippen molar-refractivity contribution < 1.29 is 13.6 Å². The van der Waals surface area contributed by atoms with E-state index in [4.69, 9.17) is 4.42 Å². The van der Waals surface area contributed by atoms with Crippen molar-refractivity contribution in [3.05, 3.63) is 71.9 Å². The zero-order valence-corrected chi connectivity index (χ0v) is 13.3. The number of benzene rings is 1. The van der Waals surface area contributed by atoms with Gasteiger partial charge in [0.25, 0.3) is 0 Å². The predicted octanol–water partition coefficient (Wildman–Crippen LogP) is 4.36. The van der Waals surface area contributed by atoms with Crippen molar-refractivity contribution in [2.75, 3.05) is 5.32 Å². The van der Waals surface area contributed by atoms with E-state index in [0.29, 0.717) is 29.3 Å². The zero-order valence-electron chi connectivity index (χ0n) is 13.3. The number of furan rings is 1. The number of carbonyl (C=O) groups excluding carboxylic acids is 1. The smallest absolute Gasteiger partial charge is 0.225 e. The average molecular weight is 324 g/mol. The standard InChI is InChI=1S/C19H17FN2O2/c1-13-5-4-8-18(21-13)22-19(23)12-10-14-9-11-17(24-14)15-6-2-3-7-16(15)20/h2-9,11H,10,12H2,1H3,(H,21,22,23). The molecule has 0 saturated heterocycles. The summed E-state index contributed by atoms with van der Waals surface area (Å²) >= 11 is 0. The molecule has 1 N–H and O–H groups in total. The monoisotopic (exact) mass is 324 g/mol. The van der Waals surface area contributed by atoms with Crippen LogP contribution in [0.2, 0.25) is 0 Å². The lowest BCUT2D eigenvalue weighted by molar-refractivity contribution is -0.116. The Bertz CT molecular complexity index is 858. The van der Waals surface area contributed by atoms with Gasteiger partial charge in [0, 0.05) is 18.5 Å². The van der Waals surface area contributed by atoms with Crippen LogP contribution >= 0.6 is 0 Å². The molecule has 0 saturated carbocycles. The van der Waals surface area contributed by atoms with Gasteiger partial charge in [-0.05, 0) is 43.3 Å². The van der Waals surface area contributed by atoms with Gasteiger partial charge >= 0.3 is 0 Å². The number of pyridine rings is 1. The first-order chi connectivity index (χ1) is 11.6. The first-order valence-electron chi connectivity index (χ1n) is 7.69. The lowest BCUT2D eigenvalue weighted by atomic mass is 10.1. The van der Waals surface area contributed by atoms with Crippen molar-refractivity contribution >= 4 is 11.7 Å². The van der Waals surface area contributed by atoms with Crippen molar-refractivity contribution in [3.8, 4) is 11.3 Å². The van der Waals surface area contributed by atoms with Crippen LogP contribution in [0.3, 0.4) is 0 Å². The maximum Gasteiger partial charge on any atom is 0.225 e. The number of hydrogen-bond donors (Lipinski definition) is 1. The Labute approximate surface area is 139 Å². The van der Waals surface area contributed by atoms with E-state index in [9.17, 15) is 9.18 Å². The van der Waals surface area contributed by atoms with Crippen LogP contribution in [0.5, 0.6) is 0 Å². The van der Waals surface area contributed by atoms with Gasteiger partial charge in [-0.3, -0.25) is 4.79 Å². The van der Waals surface area contributed by atoms with Gasteiger partial charge in [0.2, 0.25) is 5.91 Å². The quantitative estimate of drug-likeness (QED) is 0.758. The summed E-state index contributed by atoms with van der Waals surface area (Å²) < 4.78 is 19.4. The first-order valence-corrected chi connectivity index (χ1v) is 7.69. The minimum atomic E-state index is -0.332. The molecule has 5 heteroatoms. The van der Waals surface area contributed by atoms with Crippen LogP contribution in [0, 0.1) is 12.7 Å².